The summed E-state index contributed by atoms with van der Waals surface area (Å²) in [6.07, 6.45) is -2.71. The van der Waals surface area contributed by atoms with Crippen molar-refractivity contribution in [2.75, 3.05) is 6.16 Å². The molecular weight excluding hydrogens is 481 g/mol. The van der Waals surface area contributed by atoms with Crippen LogP contribution in [-0.4, -0.2) is 46.3 Å². The van der Waals surface area contributed by atoms with Crippen molar-refractivity contribution in [2.24, 2.45) is 11.8 Å². The summed E-state index contributed by atoms with van der Waals surface area (Å²) in [7, 11) is -4.09. The molecule has 11 heteroatoms. The lowest BCUT2D eigenvalue weighted by Crippen LogP contribution is -2.37. The van der Waals surface area contributed by atoms with Gasteiger partial charge in [-0.15, -0.1) is 0 Å². The molecule has 0 aliphatic carbocycles. The molecule has 1 aromatic carbocycles. The molecule has 0 aromatic heterocycles. The van der Waals surface area contributed by atoms with Crippen LogP contribution in [0.3, 0.4) is 0 Å². The number of esters is 1. The van der Waals surface area contributed by atoms with Crippen LogP contribution in [0, 0.1) is 11.8 Å². The summed E-state index contributed by atoms with van der Waals surface area (Å²) >= 11 is 3.29. The Kier molecular flexibility index (Phi) is 10.0. The van der Waals surface area contributed by atoms with Gasteiger partial charge in [-0.3, -0.25) is 14.2 Å². The van der Waals surface area contributed by atoms with E-state index >= 15 is 0 Å². The largest absolute Gasteiger partial charge is 0.481 e. The van der Waals surface area contributed by atoms with Crippen molar-refractivity contribution in [3.63, 3.8) is 0 Å². The number of benzene rings is 1. The molecule has 0 fully saturated rings. The van der Waals surface area contributed by atoms with E-state index in [0.29, 0.717) is 5.56 Å². The lowest BCUT2D eigenvalue weighted by molar-refractivity contribution is -0.168. The van der Waals surface area contributed by atoms with Gasteiger partial charge < -0.3 is 24.8 Å². The zero-order valence-corrected chi connectivity index (χ0v) is 19.7. The van der Waals surface area contributed by atoms with Gasteiger partial charge in [-0.05, 0) is 31.0 Å². The van der Waals surface area contributed by atoms with E-state index in [0.717, 1.165) is 4.47 Å². The first-order chi connectivity index (χ1) is 13.8. The van der Waals surface area contributed by atoms with E-state index in [4.69, 9.17) is 9.47 Å². The fraction of sp³-hybridized carbons (Fsp3) is 0.526. The summed E-state index contributed by atoms with van der Waals surface area (Å²) in [4.78, 5) is 45.4. The van der Waals surface area contributed by atoms with Crippen LogP contribution >= 0.6 is 23.3 Å². The molecule has 3 N–H and O–H groups in total. The first-order valence-electron chi connectivity index (χ1n) is 9.28. The predicted octanol–water partition coefficient (Wildman–Crippen LogP) is 3.58. The van der Waals surface area contributed by atoms with Crippen LogP contribution in [0.25, 0.3) is 0 Å². The number of carbonyl (C=O) groups excluding carboxylic acids is 2. The second-order valence-corrected chi connectivity index (χ2v) is 10.8. The Hall–Kier alpha value is -1.90. The molecule has 0 spiro atoms. The maximum atomic E-state index is 12.7. The van der Waals surface area contributed by atoms with Gasteiger partial charge in [0, 0.05) is 17.6 Å². The number of hydrogen-bond acceptors (Lipinski definition) is 6. The molecule has 4 unspecified atom stereocenters. The van der Waals surface area contributed by atoms with Crippen LogP contribution in [0.1, 0.15) is 33.3 Å². The van der Waals surface area contributed by atoms with E-state index in [1.165, 1.54) is 13.8 Å². The smallest absolute Gasteiger partial charge is 0.410 e. The van der Waals surface area contributed by atoms with Gasteiger partial charge in [-0.1, -0.05) is 41.9 Å². The Balaban J connectivity index is 2.69. The molecule has 0 radical (unpaired) electrons. The van der Waals surface area contributed by atoms with E-state index in [2.05, 4.69) is 21.2 Å². The maximum absolute atomic E-state index is 12.7. The van der Waals surface area contributed by atoms with E-state index in [1.807, 2.05) is 0 Å². The Morgan fingerprint density at radius 3 is 2.17 bits per heavy atom. The normalized spacial score (nSPS) is 16.1. The molecule has 1 amide bonds. The molecule has 1 rings (SSSR count). The number of aliphatic carboxylic acids is 1. The SMILES string of the molecule is CC(OC(=O)NC(C)P(=O)(O)CC(Cc1ccc(Br)cc1)C(=O)O)OC(=O)C(C)C. The number of rotatable bonds is 10. The van der Waals surface area contributed by atoms with Gasteiger partial charge in [0.1, 0.15) is 5.78 Å². The number of halogens is 1. The van der Waals surface area contributed by atoms with Gasteiger partial charge in [0.2, 0.25) is 13.7 Å². The quantitative estimate of drug-likeness (QED) is 0.248. The molecule has 0 aliphatic heterocycles. The van der Waals surface area contributed by atoms with Gasteiger partial charge in [0.15, 0.2) is 0 Å². The highest BCUT2D eigenvalue weighted by atomic mass is 79.9. The second-order valence-electron chi connectivity index (χ2n) is 7.19. The van der Waals surface area contributed by atoms with Crippen LogP contribution in [0.5, 0.6) is 0 Å². The van der Waals surface area contributed by atoms with Gasteiger partial charge >= 0.3 is 18.0 Å². The van der Waals surface area contributed by atoms with Gasteiger partial charge in [-0.25, -0.2) is 4.79 Å². The molecular formula is C19H27BrNO8P. The minimum atomic E-state index is -4.09. The third kappa shape index (κ3) is 8.85. The number of ether oxygens (including phenoxy) is 2. The number of hydrogen-bond donors (Lipinski definition) is 3. The number of carboxylic acids is 1. The maximum Gasteiger partial charge on any atom is 0.410 e. The van der Waals surface area contributed by atoms with Crippen LogP contribution in [-0.2, 0) is 30.0 Å². The molecule has 30 heavy (non-hydrogen) atoms. The average molecular weight is 508 g/mol. The fourth-order valence-electron chi connectivity index (χ4n) is 2.39. The van der Waals surface area contributed by atoms with E-state index in [-0.39, 0.29) is 6.42 Å². The van der Waals surface area contributed by atoms with Crippen LogP contribution in [0.15, 0.2) is 28.7 Å². The third-order valence-corrected chi connectivity index (χ3v) is 7.02. The van der Waals surface area contributed by atoms with Crippen LogP contribution in [0.2, 0.25) is 0 Å². The number of carbonyl (C=O) groups is 3. The third-order valence-electron chi connectivity index (χ3n) is 4.19. The van der Waals surface area contributed by atoms with Crippen molar-refractivity contribution in [1.29, 1.82) is 0 Å². The average Bonchev–Trinajstić information content (AvgIpc) is 2.62. The van der Waals surface area contributed by atoms with Crippen LogP contribution in [0.4, 0.5) is 4.79 Å². The summed E-state index contributed by atoms with van der Waals surface area (Å²) in [5.41, 5.74) is 0.700. The standard InChI is InChI=1S/C19H27BrNO8P/c1-11(2)18(24)28-13(4)29-19(25)21-12(3)30(26,27)10-15(17(22)23)9-14-5-7-16(20)8-6-14/h5-8,11-13,15H,9-10H2,1-4H3,(H,21,25)(H,22,23)(H,26,27). The highest BCUT2D eigenvalue weighted by molar-refractivity contribution is 9.10. The molecule has 0 aliphatic rings. The van der Waals surface area contributed by atoms with E-state index < -0.39 is 55.5 Å². The minimum absolute atomic E-state index is 0.0620. The van der Waals surface area contributed by atoms with Crippen molar-refractivity contribution in [3.05, 3.63) is 34.3 Å². The molecule has 4 atom stereocenters. The van der Waals surface area contributed by atoms with E-state index in [9.17, 15) is 28.9 Å². The molecule has 0 heterocycles. The zero-order valence-electron chi connectivity index (χ0n) is 17.2. The topological polar surface area (TPSA) is 139 Å². The first-order valence-corrected chi connectivity index (χ1v) is 12.0. The van der Waals surface area contributed by atoms with Gasteiger partial charge in [0.25, 0.3) is 0 Å². The van der Waals surface area contributed by atoms with Crippen molar-refractivity contribution < 1.29 is 38.4 Å². The number of carboxylic acid groups (broad SMARTS) is 1. The molecule has 0 saturated carbocycles. The molecule has 1 aromatic rings. The monoisotopic (exact) mass is 507 g/mol. The lowest BCUT2D eigenvalue weighted by atomic mass is 10.0. The van der Waals surface area contributed by atoms with Gasteiger partial charge in [0.05, 0.1) is 11.8 Å². The van der Waals surface area contributed by atoms with Crippen molar-refractivity contribution in [2.45, 2.75) is 46.2 Å². The fourth-order valence-corrected chi connectivity index (χ4v) is 4.19. The number of alkyl carbamates (subject to hydrolysis) is 1. The highest BCUT2D eigenvalue weighted by Crippen LogP contribution is 2.47. The lowest BCUT2D eigenvalue weighted by Gasteiger charge is -2.24. The van der Waals surface area contributed by atoms with Crippen molar-refractivity contribution in [1.82, 2.24) is 5.32 Å². The molecule has 0 saturated heterocycles. The Morgan fingerprint density at radius 2 is 1.67 bits per heavy atom. The molecule has 0 bridgehead atoms. The van der Waals surface area contributed by atoms with Crippen molar-refractivity contribution >= 4 is 41.3 Å². The summed E-state index contributed by atoms with van der Waals surface area (Å²) in [6.45, 7) is 5.85. The van der Waals surface area contributed by atoms with Crippen molar-refractivity contribution in [3.8, 4) is 0 Å². The van der Waals surface area contributed by atoms with Gasteiger partial charge in [-0.2, -0.15) is 0 Å². The predicted molar refractivity (Wildman–Crippen MR) is 113 cm³/mol. The summed E-state index contributed by atoms with van der Waals surface area (Å²) in [5.74, 6) is -4.56. The Labute approximate surface area is 183 Å². The first kappa shape index (κ1) is 26.1. The zero-order chi connectivity index (χ0) is 23.1. The molecule has 9 nitrogen and oxygen atoms in total. The number of nitrogens with one attached hydrogen (secondary N) is 1. The number of amides is 1. The minimum Gasteiger partial charge on any atom is -0.481 e. The highest BCUT2D eigenvalue weighted by Gasteiger charge is 2.35. The van der Waals surface area contributed by atoms with E-state index in [1.54, 1.807) is 38.1 Å². The summed E-state index contributed by atoms with van der Waals surface area (Å²) < 4.78 is 23.3. The summed E-state index contributed by atoms with van der Waals surface area (Å²) in [5, 5.41) is 11.7. The Morgan fingerprint density at radius 1 is 1.10 bits per heavy atom. The summed E-state index contributed by atoms with van der Waals surface area (Å²) in [6, 6.07) is 6.95. The second kappa shape index (κ2) is 11.5. The molecule has 168 valence electrons. The Bertz CT molecular complexity index is 798. The van der Waals surface area contributed by atoms with Crippen LogP contribution < -0.4 is 5.32 Å².